The predicted molar refractivity (Wildman–Crippen MR) is 68.5 cm³/mol. The van der Waals surface area contributed by atoms with E-state index >= 15 is 0 Å². The topological polar surface area (TPSA) is 28.0 Å². The summed E-state index contributed by atoms with van der Waals surface area (Å²) in [5.74, 6) is 0.786. The van der Waals surface area contributed by atoms with Crippen LogP contribution in [-0.4, -0.2) is 22.6 Å². The Hall–Kier alpha value is -1.38. The molecular weight excluding hydrogens is 198 g/mol. The summed E-state index contributed by atoms with van der Waals surface area (Å²) in [5.41, 5.74) is -0.109. The zero-order chi connectivity index (χ0) is 11.8. The summed E-state index contributed by atoms with van der Waals surface area (Å²) in [6.45, 7) is 8.54. The van der Waals surface area contributed by atoms with E-state index < -0.39 is 0 Å². The molecule has 3 nitrogen and oxygen atoms in total. The van der Waals surface area contributed by atoms with Crippen LogP contribution in [0.2, 0.25) is 0 Å². The van der Waals surface area contributed by atoms with Crippen LogP contribution in [0.3, 0.4) is 0 Å². The van der Waals surface area contributed by atoms with Gasteiger partial charge in [0.15, 0.2) is 0 Å². The predicted octanol–water partition coefficient (Wildman–Crippen LogP) is 2.96. The Bertz CT molecular complexity index is 401. The Morgan fingerprint density at radius 3 is 2.56 bits per heavy atom. The SMILES string of the molecule is CCC1(C)C=CN2C=CC(C)(C)C=NC2=N1. The molecule has 1 atom stereocenters. The Morgan fingerprint density at radius 1 is 1.19 bits per heavy atom. The highest BCUT2D eigenvalue weighted by Crippen LogP contribution is 2.25. The van der Waals surface area contributed by atoms with Gasteiger partial charge in [0, 0.05) is 24.0 Å². The van der Waals surface area contributed by atoms with Crippen LogP contribution in [0.15, 0.2) is 34.5 Å². The quantitative estimate of drug-likeness (QED) is 0.663. The highest BCUT2D eigenvalue weighted by molar-refractivity contribution is 5.92. The van der Waals surface area contributed by atoms with Crippen LogP contribution in [0.5, 0.6) is 0 Å². The monoisotopic (exact) mass is 217 g/mol. The van der Waals surface area contributed by atoms with Crippen molar-refractivity contribution in [3.05, 3.63) is 24.6 Å². The van der Waals surface area contributed by atoms with Crippen molar-refractivity contribution in [2.45, 2.75) is 39.7 Å². The molecule has 1 unspecified atom stereocenters. The maximum absolute atomic E-state index is 4.69. The number of fused-ring (bicyclic) bond motifs is 1. The first-order valence-corrected chi connectivity index (χ1v) is 5.76. The van der Waals surface area contributed by atoms with Crippen LogP contribution in [-0.2, 0) is 0 Å². The minimum atomic E-state index is -0.106. The maximum Gasteiger partial charge on any atom is 0.229 e. The third-order valence-corrected chi connectivity index (χ3v) is 3.07. The van der Waals surface area contributed by atoms with E-state index in [0.717, 1.165) is 12.4 Å². The van der Waals surface area contributed by atoms with Crippen molar-refractivity contribution in [3.8, 4) is 0 Å². The smallest absolute Gasteiger partial charge is 0.229 e. The largest absolute Gasteiger partial charge is 0.294 e. The third-order valence-electron chi connectivity index (χ3n) is 3.07. The van der Waals surface area contributed by atoms with E-state index in [1.54, 1.807) is 0 Å². The van der Waals surface area contributed by atoms with Gasteiger partial charge in [0.25, 0.3) is 0 Å². The van der Waals surface area contributed by atoms with Crippen molar-refractivity contribution in [3.63, 3.8) is 0 Å². The molecule has 2 aliphatic heterocycles. The Kier molecular flexibility index (Phi) is 2.49. The van der Waals surface area contributed by atoms with Gasteiger partial charge in [-0.2, -0.15) is 0 Å². The van der Waals surface area contributed by atoms with Gasteiger partial charge in [-0.1, -0.05) is 26.8 Å². The number of nitrogens with zero attached hydrogens (tertiary/aromatic N) is 3. The van der Waals surface area contributed by atoms with Crippen molar-refractivity contribution in [2.75, 3.05) is 0 Å². The van der Waals surface area contributed by atoms with Crippen LogP contribution in [0.4, 0.5) is 0 Å². The molecular formula is C13H19N3. The van der Waals surface area contributed by atoms with Gasteiger partial charge in [-0.15, -0.1) is 0 Å². The van der Waals surface area contributed by atoms with Crippen LogP contribution < -0.4 is 0 Å². The van der Waals surface area contributed by atoms with Gasteiger partial charge in [-0.25, -0.2) is 9.98 Å². The van der Waals surface area contributed by atoms with Crippen molar-refractivity contribution in [1.82, 2.24) is 4.90 Å². The molecule has 0 aromatic carbocycles. The fourth-order valence-electron chi connectivity index (χ4n) is 1.58. The first kappa shape index (κ1) is 11.1. The number of allylic oxidation sites excluding steroid dienone is 1. The summed E-state index contributed by atoms with van der Waals surface area (Å²) in [4.78, 5) is 11.1. The second kappa shape index (κ2) is 3.58. The lowest BCUT2D eigenvalue weighted by atomic mass is 9.96. The molecule has 16 heavy (non-hydrogen) atoms. The van der Waals surface area contributed by atoms with Crippen LogP contribution in [0.25, 0.3) is 0 Å². The molecule has 0 amide bonds. The zero-order valence-electron chi connectivity index (χ0n) is 10.4. The Balaban J connectivity index is 2.38. The normalized spacial score (nSPS) is 31.0. The maximum atomic E-state index is 4.69. The van der Waals surface area contributed by atoms with Crippen molar-refractivity contribution >= 4 is 12.2 Å². The highest BCUT2D eigenvalue weighted by Gasteiger charge is 2.25. The molecule has 0 aromatic heterocycles. The van der Waals surface area contributed by atoms with Crippen LogP contribution in [0, 0.1) is 5.41 Å². The average molecular weight is 217 g/mol. The molecule has 0 saturated heterocycles. The molecule has 0 bridgehead atoms. The average Bonchev–Trinajstić information content (AvgIpc) is 2.38. The molecule has 2 rings (SSSR count). The molecule has 0 radical (unpaired) electrons. The molecule has 86 valence electrons. The third kappa shape index (κ3) is 2.08. The molecule has 0 spiro atoms. The van der Waals surface area contributed by atoms with Crippen molar-refractivity contribution in [2.24, 2.45) is 15.4 Å². The second-order valence-electron chi connectivity index (χ2n) is 5.24. The molecule has 0 aliphatic carbocycles. The molecule has 2 aliphatic rings. The summed E-state index contributed by atoms with van der Waals surface area (Å²) in [7, 11) is 0. The molecule has 3 heteroatoms. The molecule has 0 fully saturated rings. The fraction of sp³-hybridized carbons (Fsp3) is 0.538. The minimum absolute atomic E-state index is 0.00365. The Labute approximate surface area is 97.3 Å². The van der Waals surface area contributed by atoms with E-state index in [0.29, 0.717) is 0 Å². The highest BCUT2D eigenvalue weighted by atomic mass is 15.3. The summed E-state index contributed by atoms with van der Waals surface area (Å²) in [6, 6.07) is 0. The van der Waals surface area contributed by atoms with E-state index in [2.05, 4.69) is 56.0 Å². The van der Waals surface area contributed by atoms with Crippen LogP contribution >= 0.6 is 0 Å². The summed E-state index contributed by atoms with van der Waals surface area (Å²) in [5, 5.41) is 0. The number of hydrogen-bond acceptors (Lipinski definition) is 3. The van der Waals surface area contributed by atoms with Crippen LogP contribution in [0.1, 0.15) is 34.1 Å². The zero-order valence-corrected chi connectivity index (χ0v) is 10.4. The molecule has 0 N–H and O–H groups in total. The lowest BCUT2D eigenvalue weighted by Crippen LogP contribution is -2.30. The van der Waals surface area contributed by atoms with Gasteiger partial charge in [0.1, 0.15) is 0 Å². The minimum Gasteiger partial charge on any atom is -0.294 e. The second-order valence-corrected chi connectivity index (χ2v) is 5.24. The molecule has 0 saturated carbocycles. The lowest BCUT2D eigenvalue weighted by molar-refractivity contribution is 0.526. The van der Waals surface area contributed by atoms with Crippen molar-refractivity contribution < 1.29 is 0 Å². The fourth-order valence-corrected chi connectivity index (χ4v) is 1.58. The van der Waals surface area contributed by atoms with E-state index in [4.69, 9.17) is 0 Å². The van der Waals surface area contributed by atoms with Gasteiger partial charge in [-0.05, 0) is 19.4 Å². The van der Waals surface area contributed by atoms with Gasteiger partial charge in [0.2, 0.25) is 5.96 Å². The first-order chi connectivity index (χ1) is 7.44. The summed E-state index contributed by atoms with van der Waals surface area (Å²) in [6.07, 6.45) is 11.3. The van der Waals surface area contributed by atoms with Gasteiger partial charge in [0.05, 0.1) is 5.54 Å². The van der Waals surface area contributed by atoms with Crippen molar-refractivity contribution in [1.29, 1.82) is 0 Å². The van der Waals surface area contributed by atoms with E-state index in [-0.39, 0.29) is 11.0 Å². The van der Waals surface area contributed by atoms with E-state index in [1.165, 1.54) is 0 Å². The van der Waals surface area contributed by atoms with Gasteiger partial charge >= 0.3 is 0 Å². The number of hydrogen-bond donors (Lipinski definition) is 0. The Morgan fingerprint density at radius 2 is 1.88 bits per heavy atom. The van der Waals surface area contributed by atoms with E-state index in [9.17, 15) is 0 Å². The number of aliphatic imine (C=N–C) groups is 2. The van der Waals surface area contributed by atoms with Gasteiger partial charge < -0.3 is 0 Å². The molecule has 0 aromatic rings. The van der Waals surface area contributed by atoms with Gasteiger partial charge in [-0.3, -0.25) is 4.90 Å². The lowest BCUT2D eigenvalue weighted by Gasteiger charge is -2.27. The van der Waals surface area contributed by atoms with E-state index in [1.807, 2.05) is 17.3 Å². The molecule has 2 heterocycles. The first-order valence-electron chi connectivity index (χ1n) is 5.76. The number of guanidine groups is 1. The number of rotatable bonds is 1. The standard InChI is InChI=1S/C13H19N3/c1-5-13(4)7-9-16-8-6-12(2,3)10-14-11(16)15-13/h6-10H,5H2,1-4H3. The summed E-state index contributed by atoms with van der Waals surface area (Å²) >= 11 is 0. The summed E-state index contributed by atoms with van der Waals surface area (Å²) < 4.78 is 0.